The molecule has 72 valence electrons. The average molecular weight is 170 g/mol. The molecule has 1 unspecified atom stereocenters. The standard InChI is InChI=1S/C11H22O/c1-8(2)10(12)9(3)7-11(4,5)6/h7-8,10,12H,1-6H3/b9-7+. The van der Waals surface area contributed by atoms with E-state index >= 15 is 0 Å². The molecule has 0 aliphatic heterocycles. The lowest BCUT2D eigenvalue weighted by Gasteiger charge is -2.20. The lowest BCUT2D eigenvalue weighted by molar-refractivity contribution is 0.159. The van der Waals surface area contributed by atoms with Crippen LogP contribution in [0.2, 0.25) is 0 Å². The number of hydrogen-bond acceptors (Lipinski definition) is 1. The Labute approximate surface area is 76.5 Å². The van der Waals surface area contributed by atoms with Crippen molar-refractivity contribution in [3.8, 4) is 0 Å². The van der Waals surface area contributed by atoms with Gasteiger partial charge in [0.1, 0.15) is 0 Å². The van der Waals surface area contributed by atoms with Crippen molar-refractivity contribution in [1.29, 1.82) is 0 Å². The largest absolute Gasteiger partial charge is 0.389 e. The molecule has 0 aliphatic carbocycles. The molecule has 0 aromatic heterocycles. The van der Waals surface area contributed by atoms with Crippen molar-refractivity contribution in [2.75, 3.05) is 0 Å². The van der Waals surface area contributed by atoms with Crippen LogP contribution in [-0.4, -0.2) is 11.2 Å². The highest BCUT2D eigenvalue weighted by Gasteiger charge is 2.14. The molecule has 12 heavy (non-hydrogen) atoms. The SMILES string of the molecule is C/C(=C\C(C)(C)C)C(O)C(C)C. The van der Waals surface area contributed by atoms with Gasteiger partial charge >= 0.3 is 0 Å². The zero-order valence-corrected chi connectivity index (χ0v) is 9.18. The van der Waals surface area contributed by atoms with Crippen LogP contribution in [0.4, 0.5) is 0 Å². The van der Waals surface area contributed by atoms with Crippen molar-refractivity contribution in [3.63, 3.8) is 0 Å². The van der Waals surface area contributed by atoms with E-state index in [2.05, 4.69) is 26.8 Å². The molecule has 0 aromatic carbocycles. The summed E-state index contributed by atoms with van der Waals surface area (Å²) in [6.07, 6.45) is 1.85. The zero-order chi connectivity index (χ0) is 9.94. The van der Waals surface area contributed by atoms with Crippen molar-refractivity contribution in [2.45, 2.75) is 47.6 Å². The molecule has 0 saturated carbocycles. The Morgan fingerprint density at radius 3 is 1.92 bits per heavy atom. The van der Waals surface area contributed by atoms with Gasteiger partial charge < -0.3 is 5.11 Å². The minimum absolute atomic E-state index is 0.167. The maximum atomic E-state index is 9.69. The van der Waals surface area contributed by atoms with Gasteiger partial charge in [-0.05, 0) is 23.8 Å². The fourth-order valence-electron chi connectivity index (χ4n) is 1.29. The van der Waals surface area contributed by atoms with Gasteiger partial charge in [0.25, 0.3) is 0 Å². The summed E-state index contributed by atoms with van der Waals surface area (Å²) in [7, 11) is 0. The lowest BCUT2D eigenvalue weighted by atomic mass is 9.90. The van der Waals surface area contributed by atoms with Crippen molar-refractivity contribution < 1.29 is 5.11 Å². The van der Waals surface area contributed by atoms with Gasteiger partial charge in [-0.1, -0.05) is 40.7 Å². The van der Waals surface area contributed by atoms with Crippen LogP contribution in [0, 0.1) is 11.3 Å². The van der Waals surface area contributed by atoms with Crippen LogP contribution in [0.3, 0.4) is 0 Å². The summed E-state index contributed by atoms with van der Waals surface area (Å²) in [5.74, 6) is 0.309. The molecule has 0 radical (unpaired) electrons. The monoisotopic (exact) mass is 170 g/mol. The quantitative estimate of drug-likeness (QED) is 0.632. The molecule has 0 rings (SSSR count). The maximum absolute atomic E-state index is 9.69. The van der Waals surface area contributed by atoms with E-state index < -0.39 is 0 Å². The van der Waals surface area contributed by atoms with E-state index in [1.54, 1.807) is 0 Å². The first-order valence-electron chi connectivity index (χ1n) is 4.61. The fourth-order valence-corrected chi connectivity index (χ4v) is 1.29. The zero-order valence-electron chi connectivity index (χ0n) is 9.18. The highest BCUT2D eigenvalue weighted by molar-refractivity contribution is 5.09. The Morgan fingerprint density at radius 2 is 1.67 bits per heavy atom. The average Bonchev–Trinajstić information content (AvgIpc) is 1.82. The molecule has 0 saturated heterocycles. The molecular formula is C11H22O. The second kappa shape index (κ2) is 4.08. The third-order valence-electron chi connectivity index (χ3n) is 1.76. The van der Waals surface area contributed by atoms with Gasteiger partial charge in [-0.3, -0.25) is 0 Å². The number of hydrogen-bond donors (Lipinski definition) is 1. The molecule has 1 heteroatoms. The molecule has 0 aliphatic rings. The van der Waals surface area contributed by atoms with Crippen LogP contribution in [0.1, 0.15) is 41.5 Å². The van der Waals surface area contributed by atoms with E-state index in [0.29, 0.717) is 5.92 Å². The van der Waals surface area contributed by atoms with Gasteiger partial charge in [-0.15, -0.1) is 0 Å². The van der Waals surface area contributed by atoms with Gasteiger partial charge in [0, 0.05) is 0 Å². The van der Waals surface area contributed by atoms with E-state index in [1.165, 1.54) is 0 Å². The first-order valence-corrected chi connectivity index (χ1v) is 4.61. The van der Waals surface area contributed by atoms with E-state index in [4.69, 9.17) is 0 Å². The smallest absolute Gasteiger partial charge is 0.0770 e. The minimum atomic E-state index is -0.288. The van der Waals surface area contributed by atoms with Crippen molar-refractivity contribution in [1.82, 2.24) is 0 Å². The van der Waals surface area contributed by atoms with Gasteiger partial charge in [0.2, 0.25) is 0 Å². The maximum Gasteiger partial charge on any atom is 0.0770 e. The van der Waals surface area contributed by atoms with Crippen LogP contribution in [0.15, 0.2) is 11.6 Å². The molecule has 0 amide bonds. The van der Waals surface area contributed by atoms with Crippen LogP contribution in [-0.2, 0) is 0 Å². The van der Waals surface area contributed by atoms with Crippen LogP contribution in [0.5, 0.6) is 0 Å². The van der Waals surface area contributed by atoms with E-state index in [0.717, 1.165) is 5.57 Å². The van der Waals surface area contributed by atoms with Gasteiger partial charge in [-0.25, -0.2) is 0 Å². The molecule has 1 atom stereocenters. The molecule has 0 spiro atoms. The Hall–Kier alpha value is -0.300. The van der Waals surface area contributed by atoms with Crippen LogP contribution < -0.4 is 0 Å². The molecule has 0 bridgehead atoms. The minimum Gasteiger partial charge on any atom is -0.389 e. The molecule has 0 fully saturated rings. The molecule has 0 heterocycles. The predicted molar refractivity (Wildman–Crippen MR) is 54.1 cm³/mol. The van der Waals surface area contributed by atoms with Crippen molar-refractivity contribution in [3.05, 3.63) is 11.6 Å². The summed E-state index contributed by atoms with van der Waals surface area (Å²) in [6.45, 7) is 12.5. The molecule has 0 aromatic rings. The van der Waals surface area contributed by atoms with E-state index in [9.17, 15) is 5.11 Å². The van der Waals surface area contributed by atoms with Crippen LogP contribution in [0.25, 0.3) is 0 Å². The summed E-state index contributed by atoms with van der Waals surface area (Å²) < 4.78 is 0. The van der Waals surface area contributed by atoms with Crippen LogP contribution >= 0.6 is 0 Å². The Kier molecular flexibility index (Phi) is 3.98. The summed E-state index contributed by atoms with van der Waals surface area (Å²) in [5, 5.41) is 9.69. The second-order valence-corrected chi connectivity index (χ2v) is 4.94. The van der Waals surface area contributed by atoms with Gasteiger partial charge in [0.15, 0.2) is 0 Å². The lowest BCUT2D eigenvalue weighted by Crippen LogP contribution is -2.17. The molecule has 1 N–H and O–H groups in total. The summed E-state index contributed by atoms with van der Waals surface area (Å²) in [6, 6.07) is 0. The predicted octanol–water partition coefficient (Wildman–Crippen LogP) is 3.00. The highest BCUT2D eigenvalue weighted by Crippen LogP contribution is 2.21. The summed E-state index contributed by atoms with van der Waals surface area (Å²) >= 11 is 0. The van der Waals surface area contributed by atoms with Crippen molar-refractivity contribution >= 4 is 0 Å². The summed E-state index contributed by atoms with van der Waals surface area (Å²) in [5.41, 5.74) is 1.25. The van der Waals surface area contributed by atoms with Gasteiger partial charge in [0.05, 0.1) is 6.10 Å². The first kappa shape index (κ1) is 11.7. The number of rotatable bonds is 2. The van der Waals surface area contributed by atoms with Gasteiger partial charge in [-0.2, -0.15) is 0 Å². The first-order chi connectivity index (χ1) is 5.24. The van der Waals surface area contributed by atoms with E-state index in [-0.39, 0.29) is 11.5 Å². The third kappa shape index (κ3) is 4.55. The fraction of sp³-hybridized carbons (Fsp3) is 0.818. The molecular weight excluding hydrogens is 148 g/mol. The summed E-state index contributed by atoms with van der Waals surface area (Å²) in [4.78, 5) is 0. The third-order valence-corrected chi connectivity index (χ3v) is 1.76. The number of allylic oxidation sites excluding steroid dienone is 1. The highest BCUT2D eigenvalue weighted by atomic mass is 16.3. The number of aliphatic hydroxyl groups is 1. The number of aliphatic hydroxyl groups excluding tert-OH is 1. The van der Waals surface area contributed by atoms with E-state index in [1.807, 2.05) is 20.8 Å². The molecule has 1 nitrogen and oxygen atoms in total. The topological polar surface area (TPSA) is 20.2 Å². The van der Waals surface area contributed by atoms with Crippen molar-refractivity contribution in [2.24, 2.45) is 11.3 Å². The Bertz CT molecular complexity index is 160. The normalized spacial score (nSPS) is 16.8. The second-order valence-electron chi connectivity index (χ2n) is 4.94. The Morgan fingerprint density at radius 1 is 1.25 bits per heavy atom. The Balaban J connectivity index is 4.38.